The van der Waals surface area contributed by atoms with E-state index in [2.05, 4.69) is 26.1 Å². The number of ether oxygens (including phenoxy) is 5. The van der Waals surface area contributed by atoms with Crippen molar-refractivity contribution < 1.29 is 52.1 Å². The van der Waals surface area contributed by atoms with Crippen molar-refractivity contribution in [2.45, 2.75) is 157 Å². The van der Waals surface area contributed by atoms with Crippen LogP contribution < -0.4 is 5.32 Å². The maximum Gasteiger partial charge on any atom is 0.408 e. The molecule has 0 radical (unpaired) electrons. The van der Waals surface area contributed by atoms with Crippen molar-refractivity contribution in [3.8, 4) is 0 Å². The number of hydrogen-bond donors (Lipinski definition) is 1. The Kier molecular flexibility index (Phi) is 17.1. The van der Waals surface area contributed by atoms with Crippen molar-refractivity contribution in [1.82, 2.24) is 5.32 Å². The molecule has 0 aliphatic rings. The Labute approximate surface area is 299 Å². The van der Waals surface area contributed by atoms with Crippen LogP contribution in [-0.4, -0.2) is 74.3 Å². The van der Waals surface area contributed by atoms with Crippen LogP contribution in [0.4, 0.5) is 4.79 Å². The van der Waals surface area contributed by atoms with Gasteiger partial charge in [0.25, 0.3) is 0 Å². The van der Waals surface area contributed by atoms with Crippen LogP contribution in [0.15, 0.2) is 30.3 Å². The van der Waals surface area contributed by atoms with Crippen LogP contribution in [0.5, 0.6) is 0 Å². The minimum absolute atomic E-state index is 0.0891. The zero-order valence-electron chi connectivity index (χ0n) is 32.5. The Hall–Kier alpha value is -3.45. The van der Waals surface area contributed by atoms with E-state index in [-0.39, 0.29) is 17.6 Å². The molecule has 6 atom stereocenters. The van der Waals surface area contributed by atoms with Crippen LogP contribution in [0.25, 0.3) is 0 Å². The number of alkyl carbamates (subject to hydrolysis) is 1. The molecule has 50 heavy (non-hydrogen) atoms. The molecule has 13 heteroatoms. The highest BCUT2D eigenvalue weighted by Crippen LogP contribution is 2.38. The molecule has 1 amide bonds. The molecule has 284 valence electrons. The van der Waals surface area contributed by atoms with Gasteiger partial charge in [0, 0.05) is 5.92 Å². The summed E-state index contributed by atoms with van der Waals surface area (Å²) in [6.07, 6.45) is -5.03. The standard InChI is InChI=1S/C37H61NO11Si/c1-15-24(4)30(34(42)48-36(7,8)9)47-31(39)26(6)46-33(41)29(38-35(43)44-22-27-19-17-16-18-20-27)25(5)45-32(40)28(21-23(2)3)49-50(13,14)37(10,11)12/h16-20,23-26,28-30H,15,21-22H2,1-14H3,(H,38,43)/t24?,25-,26+,28+,29+,30+/m1/s1. The molecule has 0 saturated heterocycles. The summed E-state index contributed by atoms with van der Waals surface area (Å²) in [6.45, 7) is 25.4. The lowest BCUT2D eigenvalue weighted by atomic mass is 10.0. The van der Waals surface area contributed by atoms with Gasteiger partial charge < -0.3 is 33.4 Å². The Bertz CT molecular complexity index is 1270. The van der Waals surface area contributed by atoms with Crippen molar-refractivity contribution >= 4 is 38.3 Å². The van der Waals surface area contributed by atoms with E-state index in [4.69, 9.17) is 28.1 Å². The van der Waals surface area contributed by atoms with Crippen molar-refractivity contribution in [3.05, 3.63) is 35.9 Å². The van der Waals surface area contributed by atoms with Crippen LogP contribution >= 0.6 is 0 Å². The van der Waals surface area contributed by atoms with Crippen molar-refractivity contribution in [2.75, 3.05) is 0 Å². The fourth-order valence-corrected chi connectivity index (χ4v) is 5.48. The second-order valence-electron chi connectivity index (χ2n) is 15.7. The molecule has 12 nitrogen and oxygen atoms in total. The number of carbonyl (C=O) groups is 5. The first kappa shape index (κ1) is 44.6. The van der Waals surface area contributed by atoms with E-state index in [0.717, 1.165) is 0 Å². The zero-order valence-corrected chi connectivity index (χ0v) is 33.5. The Morgan fingerprint density at radius 1 is 0.780 bits per heavy atom. The maximum absolute atomic E-state index is 13.6. The highest BCUT2D eigenvalue weighted by Gasteiger charge is 2.43. The molecule has 0 aliphatic carbocycles. The first-order valence-electron chi connectivity index (χ1n) is 17.4. The molecule has 0 aromatic heterocycles. The van der Waals surface area contributed by atoms with E-state index in [9.17, 15) is 24.0 Å². The van der Waals surface area contributed by atoms with E-state index in [1.807, 2.05) is 39.9 Å². The van der Waals surface area contributed by atoms with E-state index in [1.54, 1.807) is 52.0 Å². The first-order valence-corrected chi connectivity index (χ1v) is 20.3. The molecule has 0 fully saturated rings. The quantitative estimate of drug-likeness (QED) is 0.102. The van der Waals surface area contributed by atoms with Crippen molar-refractivity contribution in [2.24, 2.45) is 11.8 Å². The number of esters is 4. The SMILES string of the molecule is CCC(C)[C@H](OC(=O)[C@H](C)OC(=O)[C@@H](NC(=O)OCc1ccccc1)[C@@H](C)OC(=O)[C@H](CC(C)C)O[Si](C)(C)C(C)(C)C)C(=O)OC(C)(C)C. The molecule has 0 bridgehead atoms. The lowest BCUT2D eigenvalue weighted by Gasteiger charge is -2.39. The highest BCUT2D eigenvalue weighted by molar-refractivity contribution is 6.74. The first-order chi connectivity index (χ1) is 22.9. The van der Waals surface area contributed by atoms with Gasteiger partial charge in [0.15, 0.2) is 20.5 Å². The lowest BCUT2D eigenvalue weighted by Crippen LogP contribution is -2.53. The highest BCUT2D eigenvalue weighted by atomic mass is 28.4. The third-order valence-electron chi connectivity index (χ3n) is 8.37. The van der Waals surface area contributed by atoms with Gasteiger partial charge in [-0.1, -0.05) is 78.8 Å². The molecule has 0 heterocycles. The fourth-order valence-electron chi connectivity index (χ4n) is 4.23. The largest absolute Gasteiger partial charge is 0.458 e. The summed E-state index contributed by atoms with van der Waals surface area (Å²) in [7, 11) is -2.41. The number of hydrogen-bond acceptors (Lipinski definition) is 11. The topological polar surface area (TPSA) is 153 Å². The molecule has 1 aromatic rings. The van der Waals surface area contributed by atoms with Gasteiger partial charge in [-0.2, -0.15) is 0 Å². The summed E-state index contributed by atoms with van der Waals surface area (Å²) in [5.74, 6) is -3.81. The predicted octanol–water partition coefficient (Wildman–Crippen LogP) is 6.88. The fraction of sp³-hybridized carbons (Fsp3) is 0.703. The summed E-state index contributed by atoms with van der Waals surface area (Å²) in [5.41, 5.74) is -0.114. The second kappa shape index (κ2) is 19.2. The Morgan fingerprint density at radius 2 is 1.36 bits per heavy atom. The van der Waals surface area contributed by atoms with Crippen LogP contribution in [0.3, 0.4) is 0 Å². The molecule has 1 unspecified atom stereocenters. The lowest BCUT2D eigenvalue weighted by molar-refractivity contribution is -0.187. The number of benzene rings is 1. The van der Waals surface area contributed by atoms with Gasteiger partial charge in [0.2, 0.25) is 6.10 Å². The second-order valence-corrected chi connectivity index (χ2v) is 20.4. The van der Waals surface area contributed by atoms with Gasteiger partial charge in [-0.05, 0) is 77.1 Å². The van der Waals surface area contributed by atoms with E-state index >= 15 is 0 Å². The van der Waals surface area contributed by atoms with E-state index < -0.39 is 80.3 Å². The average Bonchev–Trinajstić information content (AvgIpc) is 2.99. The van der Waals surface area contributed by atoms with Gasteiger partial charge in [-0.25, -0.2) is 24.0 Å². The molecule has 1 rings (SSSR count). The molecule has 1 aromatic carbocycles. The smallest absolute Gasteiger partial charge is 0.408 e. The molecule has 0 aliphatic heterocycles. The maximum atomic E-state index is 13.6. The van der Waals surface area contributed by atoms with Crippen molar-refractivity contribution in [1.29, 1.82) is 0 Å². The molecular weight excluding hydrogens is 662 g/mol. The summed E-state index contributed by atoms with van der Waals surface area (Å²) >= 11 is 0. The third kappa shape index (κ3) is 15.2. The minimum atomic E-state index is -2.41. The number of amides is 1. The molecule has 0 spiro atoms. The summed E-state index contributed by atoms with van der Waals surface area (Å²) in [5, 5.41) is 2.24. The minimum Gasteiger partial charge on any atom is -0.458 e. The van der Waals surface area contributed by atoms with Crippen molar-refractivity contribution in [3.63, 3.8) is 0 Å². The average molecular weight is 724 g/mol. The normalized spacial score (nSPS) is 15.8. The molecule has 1 N–H and O–H groups in total. The monoisotopic (exact) mass is 723 g/mol. The Morgan fingerprint density at radius 3 is 1.86 bits per heavy atom. The number of carbonyl (C=O) groups excluding carboxylic acids is 5. The zero-order chi connectivity index (χ0) is 38.6. The van der Waals surface area contributed by atoms with Gasteiger partial charge in [-0.15, -0.1) is 0 Å². The molecular formula is C37H61NO11Si. The van der Waals surface area contributed by atoms with Crippen LogP contribution in [-0.2, 0) is 53.9 Å². The third-order valence-corrected chi connectivity index (χ3v) is 12.9. The van der Waals surface area contributed by atoms with Gasteiger partial charge in [-0.3, -0.25) is 0 Å². The van der Waals surface area contributed by atoms with Crippen LogP contribution in [0.1, 0.15) is 101 Å². The van der Waals surface area contributed by atoms with E-state index in [1.165, 1.54) is 13.8 Å². The predicted molar refractivity (Wildman–Crippen MR) is 191 cm³/mol. The van der Waals surface area contributed by atoms with Crippen LogP contribution in [0.2, 0.25) is 18.1 Å². The van der Waals surface area contributed by atoms with Crippen LogP contribution in [0, 0.1) is 11.8 Å². The number of nitrogens with one attached hydrogen (secondary N) is 1. The van der Waals surface area contributed by atoms with Gasteiger partial charge in [0.05, 0.1) is 0 Å². The summed E-state index contributed by atoms with van der Waals surface area (Å²) in [6, 6.07) is 7.33. The van der Waals surface area contributed by atoms with Gasteiger partial charge in [0.1, 0.15) is 24.4 Å². The summed E-state index contributed by atoms with van der Waals surface area (Å²) < 4.78 is 33.9. The Balaban J connectivity index is 3.26. The number of rotatable bonds is 17. The summed E-state index contributed by atoms with van der Waals surface area (Å²) in [4.78, 5) is 66.1. The van der Waals surface area contributed by atoms with E-state index in [0.29, 0.717) is 18.4 Å². The molecule has 0 saturated carbocycles. The van der Waals surface area contributed by atoms with Gasteiger partial charge >= 0.3 is 30.0 Å².